The number of anilines is 4. The molecule has 0 bridgehead atoms. The van der Waals surface area contributed by atoms with Crippen molar-refractivity contribution in [1.29, 1.82) is 0 Å². The maximum atomic E-state index is 12.8. The molecule has 1 fully saturated rings. The van der Waals surface area contributed by atoms with E-state index < -0.39 is 36.1 Å². The van der Waals surface area contributed by atoms with E-state index in [1.807, 2.05) is 6.07 Å². The molecule has 0 unspecified atom stereocenters. The number of ether oxygens (including phenoxy) is 1. The smallest absolute Gasteiger partial charge is 0.280 e. The predicted octanol–water partition coefficient (Wildman–Crippen LogP) is 2.98. The van der Waals surface area contributed by atoms with Crippen molar-refractivity contribution in [2.24, 2.45) is 0 Å². The highest BCUT2D eigenvalue weighted by Crippen LogP contribution is 2.32. The summed E-state index contributed by atoms with van der Waals surface area (Å²) < 4.78 is 33.3. The lowest BCUT2D eigenvalue weighted by molar-refractivity contribution is -0.395. The van der Waals surface area contributed by atoms with Gasteiger partial charge in [-0.3, -0.25) is 25.0 Å². The molecule has 36 heavy (non-hydrogen) atoms. The van der Waals surface area contributed by atoms with Gasteiger partial charge in [-0.2, -0.15) is 5.10 Å². The van der Waals surface area contributed by atoms with Crippen molar-refractivity contribution in [1.82, 2.24) is 10.2 Å². The molecule has 188 valence electrons. The number of nitro groups is 2. The Balaban J connectivity index is 1.51. The Labute approximate surface area is 205 Å². The minimum atomic E-state index is -4.35. The van der Waals surface area contributed by atoms with Gasteiger partial charge in [0.1, 0.15) is 10.5 Å². The topological polar surface area (TPSA) is 183 Å². The first kappa shape index (κ1) is 24.7. The van der Waals surface area contributed by atoms with Gasteiger partial charge in [-0.15, -0.1) is 5.10 Å². The van der Waals surface area contributed by atoms with Crippen molar-refractivity contribution in [3.05, 3.63) is 74.5 Å². The lowest BCUT2D eigenvalue weighted by Crippen LogP contribution is -2.36. The molecule has 0 aliphatic carbocycles. The summed E-state index contributed by atoms with van der Waals surface area (Å²) in [5.74, 6) is 0.492. The molecule has 1 saturated heterocycles. The van der Waals surface area contributed by atoms with E-state index in [-0.39, 0.29) is 11.3 Å². The molecule has 0 spiro atoms. The van der Waals surface area contributed by atoms with E-state index in [0.717, 1.165) is 30.9 Å². The van der Waals surface area contributed by atoms with Crippen molar-refractivity contribution >= 4 is 44.3 Å². The number of hydrogen-bond acceptors (Lipinski definition) is 11. The summed E-state index contributed by atoms with van der Waals surface area (Å²) in [6, 6.07) is 9.56. The summed E-state index contributed by atoms with van der Waals surface area (Å²) in [5.41, 5.74) is 0.0864. The zero-order chi connectivity index (χ0) is 25.9. The van der Waals surface area contributed by atoms with Crippen molar-refractivity contribution in [3.63, 3.8) is 0 Å². The van der Waals surface area contributed by atoms with E-state index in [2.05, 4.69) is 25.1 Å². The highest BCUT2D eigenvalue weighted by atomic mass is 32.2. The number of aromatic nitrogens is 2. The van der Waals surface area contributed by atoms with Crippen LogP contribution < -0.4 is 14.9 Å². The van der Waals surface area contributed by atoms with Crippen molar-refractivity contribution in [3.8, 4) is 0 Å². The van der Waals surface area contributed by atoms with Crippen LogP contribution in [0.5, 0.6) is 0 Å². The zero-order valence-electron chi connectivity index (χ0n) is 18.9. The van der Waals surface area contributed by atoms with Crippen LogP contribution in [0, 0.1) is 27.2 Å². The third kappa shape index (κ3) is 5.47. The summed E-state index contributed by atoms with van der Waals surface area (Å²) in [6.07, 6.45) is 1.66. The maximum absolute atomic E-state index is 12.8. The first-order valence-corrected chi connectivity index (χ1v) is 12.1. The van der Waals surface area contributed by atoms with Gasteiger partial charge in [-0.05, 0) is 31.2 Å². The van der Waals surface area contributed by atoms with Crippen molar-refractivity contribution < 1.29 is 23.0 Å². The molecular weight excluding hydrogens is 494 g/mol. The molecule has 2 heterocycles. The third-order valence-corrected chi connectivity index (χ3v) is 6.82. The standard InChI is InChI=1S/C21H21N7O7S/c1-14-19(27(29)30)11-18(12-20(14)28(31)32)36(33,34)25-16-4-2-15(3-5-16)23-21-10-17(13-22-24-21)26-6-8-35-9-7-26/h2-5,10-13,25H,6-9H2,1H3,(H,23,24). The van der Waals surface area contributed by atoms with Gasteiger partial charge in [0.05, 0.1) is 34.9 Å². The molecular formula is C21H21N7O7S. The van der Waals surface area contributed by atoms with Gasteiger partial charge >= 0.3 is 0 Å². The van der Waals surface area contributed by atoms with Crippen LogP contribution in [0.2, 0.25) is 0 Å². The van der Waals surface area contributed by atoms with E-state index >= 15 is 0 Å². The average Bonchev–Trinajstić information content (AvgIpc) is 2.85. The molecule has 0 atom stereocenters. The molecule has 1 aliphatic heterocycles. The number of hydrogen-bond donors (Lipinski definition) is 2. The van der Waals surface area contributed by atoms with Crippen LogP contribution in [0.3, 0.4) is 0 Å². The normalized spacial score (nSPS) is 13.8. The summed E-state index contributed by atoms with van der Waals surface area (Å²) in [4.78, 5) is 22.4. The van der Waals surface area contributed by atoms with Crippen LogP contribution in [0.25, 0.3) is 0 Å². The Morgan fingerprint density at radius 3 is 2.14 bits per heavy atom. The van der Waals surface area contributed by atoms with Crippen LogP contribution in [-0.4, -0.2) is 54.8 Å². The highest BCUT2D eigenvalue weighted by Gasteiger charge is 2.28. The Hall–Kier alpha value is -4.37. The number of nitrogens with one attached hydrogen (secondary N) is 2. The zero-order valence-corrected chi connectivity index (χ0v) is 19.8. The number of rotatable bonds is 8. The van der Waals surface area contributed by atoms with E-state index in [0.29, 0.717) is 24.7 Å². The Morgan fingerprint density at radius 1 is 0.972 bits per heavy atom. The van der Waals surface area contributed by atoms with Gasteiger partial charge in [0.15, 0.2) is 5.82 Å². The minimum Gasteiger partial charge on any atom is -0.378 e. The summed E-state index contributed by atoms with van der Waals surface area (Å²) >= 11 is 0. The molecule has 0 radical (unpaired) electrons. The van der Waals surface area contributed by atoms with Gasteiger partial charge in [0.2, 0.25) is 0 Å². The molecule has 0 amide bonds. The molecule has 0 saturated carbocycles. The third-order valence-electron chi connectivity index (χ3n) is 5.46. The first-order valence-electron chi connectivity index (χ1n) is 10.6. The first-order chi connectivity index (χ1) is 17.1. The Morgan fingerprint density at radius 2 is 1.56 bits per heavy atom. The van der Waals surface area contributed by atoms with E-state index in [4.69, 9.17) is 4.74 Å². The summed E-state index contributed by atoms with van der Waals surface area (Å²) in [7, 11) is -4.35. The molecule has 3 aromatic rings. The van der Waals surface area contributed by atoms with Crippen LogP contribution in [-0.2, 0) is 14.8 Å². The monoisotopic (exact) mass is 515 g/mol. The minimum absolute atomic E-state index is 0.152. The SMILES string of the molecule is Cc1c([N+](=O)[O-])cc(S(=O)(=O)Nc2ccc(Nc3cc(N4CCOCC4)cnn3)cc2)cc1[N+](=O)[O-]. The largest absolute Gasteiger partial charge is 0.378 e. The maximum Gasteiger partial charge on any atom is 0.280 e. The van der Waals surface area contributed by atoms with Gasteiger partial charge in [0, 0.05) is 42.7 Å². The van der Waals surface area contributed by atoms with E-state index in [1.165, 1.54) is 19.1 Å². The molecule has 1 aliphatic rings. The van der Waals surface area contributed by atoms with Crippen LogP contribution in [0.4, 0.5) is 34.3 Å². The summed E-state index contributed by atoms with van der Waals surface area (Å²) in [5, 5.41) is 33.7. The number of benzene rings is 2. The number of morpholine rings is 1. The Kier molecular flexibility index (Phi) is 6.93. The van der Waals surface area contributed by atoms with Crippen LogP contribution in [0.15, 0.2) is 53.6 Å². The molecule has 14 nitrogen and oxygen atoms in total. The molecule has 1 aromatic heterocycles. The molecule has 2 aromatic carbocycles. The second kappa shape index (κ2) is 10.1. The molecule has 2 N–H and O–H groups in total. The van der Waals surface area contributed by atoms with Crippen molar-refractivity contribution in [2.75, 3.05) is 41.2 Å². The van der Waals surface area contributed by atoms with Gasteiger partial charge < -0.3 is 15.0 Å². The Bertz CT molecular complexity index is 1370. The highest BCUT2D eigenvalue weighted by molar-refractivity contribution is 7.92. The fraction of sp³-hybridized carbons (Fsp3) is 0.238. The fourth-order valence-electron chi connectivity index (χ4n) is 3.59. The number of nitro benzene ring substituents is 2. The summed E-state index contributed by atoms with van der Waals surface area (Å²) in [6.45, 7) is 3.94. The lowest BCUT2D eigenvalue weighted by atomic mass is 10.1. The fourth-order valence-corrected chi connectivity index (χ4v) is 4.69. The van der Waals surface area contributed by atoms with E-state index in [9.17, 15) is 28.6 Å². The molecule has 15 heteroatoms. The predicted molar refractivity (Wildman–Crippen MR) is 130 cm³/mol. The molecule has 4 rings (SSSR count). The van der Waals surface area contributed by atoms with E-state index in [1.54, 1.807) is 18.3 Å². The average molecular weight is 516 g/mol. The van der Waals surface area contributed by atoms with Gasteiger partial charge in [0.25, 0.3) is 21.4 Å². The van der Waals surface area contributed by atoms with Crippen LogP contribution >= 0.6 is 0 Å². The van der Waals surface area contributed by atoms with Crippen molar-refractivity contribution in [2.45, 2.75) is 11.8 Å². The quantitative estimate of drug-likeness (QED) is 0.332. The van der Waals surface area contributed by atoms with Gasteiger partial charge in [-0.1, -0.05) is 0 Å². The van der Waals surface area contributed by atoms with Gasteiger partial charge in [-0.25, -0.2) is 8.42 Å². The number of sulfonamides is 1. The second-order valence-electron chi connectivity index (χ2n) is 7.81. The lowest BCUT2D eigenvalue weighted by Gasteiger charge is -2.28. The number of nitrogens with zero attached hydrogens (tertiary/aromatic N) is 5. The second-order valence-corrected chi connectivity index (χ2v) is 9.49. The van der Waals surface area contributed by atoms with Crippen LogP contribution in [0.1, 0.15) is 5.56 Å².